The molecule has 0 amide bonds. The predicted octanol–water partition coefficient (Wildman–Crippen LogP) is 0.681. The fraction of sp³-hybridized carbons (Fsp3) is 0. The summed E-state index contributed by atoms with van der Waals surface area (Å²) in [4.78, 5) is 0. The van der Waals surface area contributed by atoms with Gasteiger partial charge in [0.15, 0.2) is 0 Å². The summed E-state index contributed by atoms with van der Waals surface area (Å²) in [6, 6.07) is 8.13. The van der Waals surface area contributed by atoms with E-state index in [1.165, 1.54) is 4.43 Å². The van der Waals surface area contributed by atoms with Gasteiger partial charge >= 0.3 is 11.9 Å². The highest BCUT2D eigenvalue weighted by Gasteiger charge is 1.90. The van der Waals surface area contributed by atoms with Crippen LogP contribution >= 0.6 is 20.3 Å². The van der Waals surface area contributed by atoms with Crippen molar-refractivity contribution in [2.45, 2.75) is 0 Å². The van der Waals surface area contributed by atoms with Crippen LogP contribution in [-0.2, 0) is 0 Å². The Labute approximate surface area is 72.0 Å². The minimum atomic E-state index is -0.0103. The fourth-order valence-corrected chi connectivity index (χ4v) is 2.55. The van der Waals surface area contributed by atoms with E-state index in [9.17, 15) is 0 Å². The number of halogens is 1. The number of rotatable bonds is 1. The topological polar surface area (TPSA) is 26.0 Å². The van der Waals surface area contributed by atoms with E-state index in [2.05, 4.69) is 32.4 Å². The molecule has 1 aromatic carbocycles. The first kappa shape index (κ1) is 7.39. The zero-order valence-electron chi connectivity index (χ0n) is 4.97. The second kappa shape index (κ2) is 3.45. The first-order valence-electron chi connectivity index (χ1n) is 2.73. The largest absolute Gasteiger partial charge is 0.399 e. The van der Waals surface area contributed by atoms with E-state index in [4.69, 9.17) is 5.73 Å². The third-order valence-electron chi connectivity index (χ3n) is 1.13. The minimum Gasteiger partial charge on any atom is -0.399 e. The molecule has 2 N–H and O–H groups in total. The first-order chi connectivity index (χ1) is 4.33. The Morgan fingerprint density at radius 2 is 1.78 bits per heavy atom. The van der Waals surface area contributed by atoms with Gasteiger partial charge in [0.1, 0.15) is 0 Å². The molecular formula is C6H7AlIN. The lowest BCUT2D eigenvalue weighted by atomic mass is 10.3. The van der Waals surface area contributed by atoms with E-state index in [1.807, 2.05) is 12.1 Å². The molecule has 0 heterocycles. The third kappa shape index (κ3) is 2.17. The monoisotopic (exact) mass is 247 g/mol. The van der Waals surface area contributed by atoms with Crippen LogP contribution in [0.3, 0.4) is 0 Å². The van der Waals surface area contributed by atoms with Gasteiger partial charge in [-0.15, -0.1) is 4.43 Å². The van der Waals surface area contributed by atoms with Crippen molar-refractivity contribution in [2.24, 2.45) is 0 Å². The summed E-state index contributed by atoms with van der Waals surface area (Å²) in [5.74, 6) is 0. The summed E-state index contributed by atoms with van der Waals surface area (Å²) in [6.07, 6.45) is 0. The van der Waals surface area contributed by atoms with Gasteiger partial charge in [-0.3, -0.25) is 0 Å². The zero-order chi connectivity index (χ0) is 6.69. The summed E-state index contributed by atoms with van der Waals surface area (Å²) in [5, 5.41) is 0. The molecule has 0 aliphatic heterocycles. The van der Waals surface area contributed by atoms with Crippen LogP contribution in [0.2, 0.25) is 0 Å². The van der Waals surface area contributed by atoms with Crippen molar-refractivity contribution in [3.63, 3.8) is 0 Å². The van der Waals surface area contributed by atoms with Crippen molar-refractivity contribution in [3.05, 3.63) is 24.3 Å². The molecule has 0 unspecified atom stereocenters. The van der Waals surface area contributed by atoms with E-state index in [0.29, 0.717) is 0 Å². The van der Waals surface area contributed by atoms with E-state index < -0.39 is 0 Å². The maximum atomic E-state index is 5.49. The lowest BCUT2D eigenvalue weighted by molar-refractivity contribution is 1.73. The van der Waals surface area contributed by atoms with Crippen LogP contribution in [0.5, 0.6) is 0 Å². The molecule has 3 heteroatoms. The number of benzene rings is 1. The van der Waals surface area contributed by atoms with Crippen LogP contribution in [0.1, 0.15) is 0 Å². The Hall–Kier alpha value is 0.282. The van der Waals surface area contributed by atoms with E-state index in [0.717, 1.165) is 5.69 Å². The molecule has 0 radical (unpaired) electrons. The van der Waals surface area contributed by atoms with Gasteiger partial charge in [-0.05, 0) is 12.1 Å². The molecule has 0 saturated carbocycles. The van der Waals surface area contributed by atoms with E-state index in [-0.39, 0.29) is 11.9 Å². The molecule has 1 nitrogen and oxygen atoms in total. The summed E-state index contributed by atoms with van der Waals surface area (Å²) in [7, 11) is 0. The van der Waals surface area contributed by atoms with E-state index >= 15 is 0 Å². The molecular weight excluding hydrogens is 240 g/mol. The van der Waals surface area contributed by atoms with Gasteiger partial charge < -0.3 is 5.73 Å². The number of hydrogen-bond acceptors (Lipinski definition) is 1. The summed E-state index contributed by atoms with van der Waals surface area (Å²) >= 11 is 2.45. The van der Waals surface area contributed by atoms with Crippen molar-refractivity contribution in [1.29, 1.82) is 0 Å². The minimum absolute atomic E-state index is 0.0103. The molecule has 0 spiro atoms. The van der Waals surface area contributed by atoms with Crippen LogP contribution < -0.4 is 10.2 Å². The summed E-state index contributed by atoms with van der Waals surface area (Å²) < 4.78 is 1.46. The van der Waals surface area contributed by atoms with Gasteiger partial charge in [-0.25, -0.2) is 20.3 Å². The molecule has 1 rings (SSSR count). The second-order valence-corrected chi connectivity index (χ2v) is 5.25. The summed E-state index contributed by atoms with van der Waals surface area (Å²) in [6.45, 7) is 0. The molecule has 0 saturated heterocycles. The van der Waals surface area contributed by atoms with Crippen molar-refractivity contribution < 1.29 is 0 Å². The Morgan fingerprint density at radius 3 is 2.22 bits per heavy atom. The Kier molecular flexibility index (Phi) is 2.83. The van der Waals surface area contributed by atoms with Crippen molar-refractivity contribution >= 4 is 42.3 Å². The smallest absolute Gasteiger partial charge is 0.375 e. The van der Waals surface area contributed by atoms with Crippen molar-refractivity contribution in [1.82, 2.24) is 0 Å². The van der Waals surface area contributed by atoms with Crippen LogP contribution in [0.15, 0.2) is 24.3 Å². The molecule has 0 aliphatic rings. The number of hydrogen-bond donors (Lipinski definition) is 1. The molecule has 46 valence electrons. The van der Waals surface area contributed by atoms with Gasteiger partial charge in [0.2, 0.25) is 0 Å². The Balaban J connectivity index is 2.88. The molecule has 0 aromatic heterocycles. The average molecular weight is 247 g/mol. The van der Waals surface area contributed by atoms with Gasteiger partial charge in [0, 0.05) is 5.69 Å². The second-order valence-electron chi connectivity index (χ2n) is 1.88. The number of nitrogens with two attached hydrogens (primary N) is 1. The lowest BCUT2D eigenvalue weighted by Crippen LogP contribution is -2.06. The normalized spacial score (nSPS) is 9.00. The lowest BCUT2D eigenvalue weighted by Gasteiger charge is -1.92. The highest BCUT2D eigenvalue weighted by Crippen LogP contribution is 1.96. The zero-order valence-corrected chi connectivity index (χ0v) is 8.54. The van der Waals surface area contributed by atoms with Crippen LogP contribution in [-0.4, -0.2) is 11.9 Å². The van der Waals surface area contributed by atoms with Crippen LogP contribution in [0.4, 0.5) is 5.69 Å². The number of anilines is 1. The van der Waals surface area contributed by atoms with Gasteiger partial charge in [0.05, 0.1) is 0 Å². The van der Waals surface area contributed by atoms with Crippen LogP contribution in [0, 0.1) is 0 Å². The van der Waals surface area contributed by atoms with Gasteiger partial charge in [-0.2, -0.15) is 0 Å². The first-order valence-corrected chi connectivity index (χ1v) is 8.55. The third-order valence-corrected chi connectivity index (χ3v) is 4.56. The van der Waals surface area contributed by atoms with Crippen molar-refractivity contribution in [3.8, 4) is 0 Å². The van der Waals surface area contributed by atoms with Gasteiger partial charge in [-0.1, -0.05) is 12.1 Å². The Bertz CT molecular complexity index is 185. The predicted molar refractivity (Wildman–Crippen MR) is 51.7 cm³/mol. The number of nitrogen functional groups attached to an aromatic ring is 1. The standard InChI is InChI=1S/C6H6N.Al.HI.H/c7-6-4-2-1-3-5-6;;;/h2-5H,7H2;;1H;/q;+1;;/p-1. The molecule has 9 heavy (non-hydrogen) atoms. The highest BCUT2D eigenvalue weighted by atomic mass is 127. The maximum absolute atomic E-state index is 5.49. The molecule has 0 atom stereocenters. The maximum Gasteiger partial charge on any atom is 0.375 e. The quantitative estimate of drug-likeness (QED) is 0.441. The molecule has 1 aromatic rings. The fourth-order valence-electron chi connectivity index (χ4n) is 0.607. The van der Waals surface area contributed by atoms with Gasteiger partial charge in [0.25, 0.3) is 0 Å². The summed E-state index contributed by atoms with van der Waals surface area (Å²) in [5.41, 5.74) is 6.35. The Morgan fingerprint density at radius 1 is 1.22 bits per heavy atom. The van der Waals surface area contributed by atoms with E-state index in [1.54, 1.807) is 0 Å². The average Bonchev–Trinajstić information content (AvgIpc) is 1.90. The molecule has 0 aliphatic carbocycles. The molecule has 0 fully saturated rings. The van der Waals surface area contributed by atoms with Crippen LogP contribution in [0.25, 0.3) is 0 Å². The van der Waals surface area contributed by atoms with Crippen molar-refractivity contribution in [2.75, 3.05) is 5.73 Å². The highest BCUT2D eigenvalue weighted by molar-refractivity contribution is 14.1. The SMILES string of the molecule is Nc1cc[c]([AlH][I])cc1. The molecule has 0 bridgehead atoms.